The Balaban J connectivity index is 0.000000132. The van der Waals surface area contributed by atoms with E-state index in [1.165, 1.54) is 6.42 Å². The van der Waals surface area contributed by atoms with E-state index < -0.39 is 5.97 Å². The van der Waals surface area contributed by atoms with Crippen LogP contribution < -0.4 is 5.32 Å². The summed E-state index contributed by atoms with van der Waals surface area (Å²) >= 11 is 0. The highest BCUT2D eigenvalue weighted by Crippen LogP contribution is 2.42. The molecule has 8 fully saturated rings. The molecule has 5 N–H and O–H groups in total. The molecule has 8 aliphatic rings. The molecule has 4 saturated heterocycles. The van der Waals surface area contributed by atoms with Gasteiger partial charge in [-0.15, -0.1) is 0 Å². The number of likely N-dealkylation sites (tertiary alicyclic amines) is 3. The maximum absolute atomic E-state index is 12.4. The van der Waals surface area contributed by atoms with Gasteiger partial charge in [-0.05, 0) is 123 Å². The van der Waals surface area contributed by atoms with Gasteiger partial charge in [0.15, 0.2) is 0 Å². The molecule has 0 radical (unpaired) electrons. The monoisotopic (exact) mass is 1140 g/mol. The zero-order valence-corrected chi connectivity index (χ0v) is 47.1. The van der Waals surface area contributed by atoms with E-state index in [2.05, 4.69) is 5.32 Å². The number of carbonyl (C=O) groups excluding carboxylic acids is 4. The van der Waals surface area contributed by atoms with Crippen molar-refractivity contribution in [3.63, 3.8) is 0 Å². The van der Waals surface area contributed by atoms with E-state index in [4.69, 9.17) is 24.1 Å². The highest BCUT2D eigenvalue weighted by atomic mass is 16.6. The minimum Gasteiger partial charge on any atom is -0.478 e. The molecule has 442 valence electrons. The summed E-state index contributed by atoms with van der Waals surface area (Å²) in [7, 11) is 0. The van der Waals surface area contributed by atoms with E-state index in [1.54, 1.807) is 57.2 Å². The molecule has 4 aliphatic heterocycles. The number of benzene rings is 5. The standard InChI is InChI=1S/C22H23NO4.2C15H19NO3.C7H13NO.C7H6O2/c24-21(17-9-5-2-6-10-17)27-20-12-11-18-13-23(14-19(18)20)22(25)26-15-16-7-3-1-4-8-16;2*17-14-7-6-12-8-16(9-13(12)14)15(18)19-10-11-4-2-1-3-5-11;9-7-2-1-5-3-8-4-6(5)7;8-7(9)6-4-2-1-3-5-6/h1-10,18-20H,11-15H2;2*1-5,12-14,17H,6-10H2;5-9H,1-4H2;1-5H,(H,8,9)/t18-,19+,20+;12-,13+,14+;12-,13+,14-;5-,6+,7+;/m0000./s1. The van der Waals surface area contributed by atoms with Gasteiger partial charge in [-0.2, -0.15) is 0 Å². The van der Waals surface area contributed by atoms with Gasteiger partial charge in [0, 0.05) is 69.5 Å². The summed E-state index contributed by atoms with van der Waals surface area (Å²) in [6.45, 7) is 7.10. The lowest BCUT2D eigenvalue weighted by atomic mass is 9.99. The van der Waals surface area contributed by atoms with E-state index in [1.807, 2.05) is 109 Å². The molecule has 83 heavy (non-hydrogen) atoms. The second kappa shape index (κ2) is 29.8. The van der Waals surface area contributed by atoms with Crippen molar-refractivity contribution in [2.24, 2.45) is 47.3 Å². The third-order valence-corrected chi connectivity index (χ3v) is 17.8. The quantitative estimate of drug-likeness (QED) is 0.0685. The van der Waals surface area contributed by atoms with Gasteiger partial charge >= 0.3 is 30.2 Å². The van der Waals surface area contributed by atoms with Crippen molar-refractivity contribution in [1.82, 2.24) is 20.0 Å². The molecule has 5 aromatic rings. The fourth-order valence-electron chi connectivity index (χ4n) is 13.2. The normalized spacial score (nSPS) is 27.5. The Morgan fingerprint density at radius 1 is 0.398 bits per heavy atom. The number of fused-ring (bicyclic) bond motifs is 4. The van der Waals surface area contributed by atoms with Gasteiger partial charge < -0.3 is 59.4 Å². The fourth-order valence-corrected chi connectivity index (χ4v) is 13.2. The SMILES string of the molecule is O=C(O)c1ccccc1.O=C(OCc1ccccc1)N1C[C@@H]2CC[C@@H](O)[C@@H]2C1.O=C(OCc1ccccc1)N1C[C@@H]2CC[C@H](O)[C@@H]2C1.O=C(O[C@@H]1CC[C@H]2CN(C(=O)OCc3ccccc3)C[C@H]21)c1ccccc1.O[C@@H]1CC[C@H]2CNC[C@H]21. The summed E-state index contributed by atoms with van der Waals surface area (Å²) in [5.74, 6) is 2.21. The smallest absolute Gasteiger partial charge is 0.410 e. The summed E-state index contributed by atoms with van der Waals surface area (Å²) in [5.41, 5.74) is 3.86. The molecular weight excluding hydrogens is 1060 g/mol. The van der Waals surface area contributed by atoms with E-state index in [-0.39, 0.29) is 73.0 Å². The molecule has 0 bridgehead atoms. The van der Waals surface area contributed by atoms with Crippen LogP contribution in [0, 0.1) is 47.3 Å². The second-order valence-electron chi connectivity index (χ2n) is 23.2. The van der Waals surface area contributed by atoms with Crippen LogP contribution in [0.5, 0.6) is 0 Å². The lowest BCUT2D eigenvalue weighted by Gasteiger charge is -2.21. The Morgan fingerprint density at radius 3 is 1.13 bits per heavy atom. The molecule has 4 aliphatic carbocycles. The lowest BCUT2D eigenvalue weighted by molar-refractivity contribution is 0.0192. The zero-order chi connectivity index (χ0) is 58.1. The molecule has 4 heterocycles. The number of carbonyl (C=O) groups is 5. The molecule has 0 aromatic heterocycles. The van der Waals surface area contributed by atoms with Crippen LogP contribution in [0.15, 0.2) is 152 Å². The highest BCUT2D eigenvalue weighted by molar-refractivity contribution is 5.89. The lowest BCUT2D eigenvalue weighted by Crippen LogP contribution is -2.32. The van der Waals surface area contributed by atoms with Gasteiger partial charge in [-0.1, -0.05) is 127 Å². The van der Waals surface area contributed by atoms with Gasteiger partial charge in [0.25, 0.3) is 0 Å². The Morgan fingerprint density at radius 2 is 0.747 bits per heavy atom. The zero-order valence-electron chi connectivity index (χ0n) is 47.1. The van der Waals surface area contributed by atoms with Crippen LogP contribution in [-0.4, -0.2) is 142 Å². The van der Waals surface area contributed by atoms with E-state index >= 15 is 0 Å². The van der Waals surface area contributed by atoms with Gasteiger partial charge in [0.1, 0.15) is 25.9 Å². The average Bonchev–Trinajstić information content (AvgIpc) is 4.59. The maximum atomic E-state index is 12.4. The third-order valence-electron chi connectivity index (χ3n) is 17.8. The predicted octanol–water partition coefficient (Wildman–Crippen LogP) is 9.30. The van der Waals surface area contributed by atoms with Gasteiger partial charge in [0.2, 0.25) is 0 Å². The Hall–Kier alpha value is -7.31. The summed E-state index contributed by atoms with van der Waals surface area (Å²) in [6, 6.07) is 46.4. The van der Waals surface area contributed by atoms with Crippen LogP contribution in [0.2, 0.25) is 0 Å². The van der Waals surface area contributed by atoms with Crippen LogP contribution in [0.3, 0.4) is 0 Å². The molecular formula is C66H80N4O13. The number of carboxylic acid groups (broad SMARTS) is 1. The number of rotatable bonds is 9. The maximum Gasteiger partial charge on any atom is 0.410 e. The molecule has 17 nitrogen and oxygen atoms in total. The van der Waals surface area contributed by atoms with E-state index in [0.717, 1.165) is 93.7 Å². The first-order valence-electron chi connectivity index (χ1n) is 29.5. The second-order valence-corrected chi connectivity index (χ2v) is 23.2. The molecule has 17 heteroatoms. The van der Waals surface area contributed by atoms with Crippen LogP contribution in [0.4, 0.5) is 14.4 Å². The van der Waals surface area contributed by atoms with E-state index in [0.29, 0.717) is 74.2 Å². The predicted molar refractivity (Wildman–Crippen MR) is 309 cm³/mol. The molecule has 0 unspecified atom stereocenters. The van der Waals surface area contributed by atoms with Crippen molar-refractivity contribution >= 4 is 30.2 Å². The van der Waals surface area contributed by atoms with E-state index in [9.17, 15) is 39.3 Å². The summed E-state index contributed by atoms with van der Waals surface area (Å²) in [5, 5.41) is 40.7. The first-order chi connectivity index (χ1) is 40.4. The number of hydrogen-bond donors (Lipinski definition) is 5. The van der Waals surface area contributed by atoms with Crippen LogP contribution in [-0.2, 0) is 38.8 Å². The Kier molecular flexibility index (Phi) is 21.6. The van der Waals surface area contributed by atoms with Crippen molar-refractivity contribution in [3.05, 3.63) is 179 Å². The number of hydrogen-bond acceptors (Lipinski definition) is 13. The molecule has 0 spiro atoms. The molecule has 4 saturated carbocycles. The van der Waals surface area contributed by atoms with Crippen LogP contribution in [0.1, 0.15) is 88.8 Å². The topological polar surface area (TPSA) is 225 Å². The van der Waals surface area contributed by atoms with Gasteiger partial charge in [0.05, 0.1) is 29.4 Å². The van der Waals surface area contributed by atoms with Crippen molar-refractivity contribution in [3.8, 4) is 0 Å². The number of aliphatic hydroxyl groups is 3. The number of amides is 3. The number of aromatic carboxylic acids is 1. The largest absolute Gasteiger partial charge is 0.478 e. The Bertz CT molecular complexity index is 2750. The average molecular weight is 1140 g/mol. The van der Waals surface area contributed by atoms with Crippen molar-refractivity contribution < 1.29 is 63.3 Å². The van der Waals surface area contributed by atoms with Crippen molar-refractivity contribution in [2.75, 3.05) is 52.4 Å². The number of nitrogens with zero attached hydrogens (tertiary/aromatic N) is 3. The number of esters is 1. The highest BCUT2D eigenvalue weighted by Gasteiger charge is 2.47. The minimum absolute atomic E-state index is 0.00463. The minimum atomic E-state index is -0.879. The van der Waals surface area contributed by atoms with Gasteiger partial charge in [-0.25, -0.2) is 24.0 Å². The van der Waals surface area contributed by atoms with Crippen LogP contribution >= 0.6 is 0 Å². The number of carboxylic acids is 1. The number of ether oxygens (including phenoxy) is 4. The summed E-state index contributed by atoms with van der Waals surface area (Å²) in [4.78, 5) is 64.1. The summed E-state index contributed by atoms with van der Waals surface area (Å²) < 4.78 is 21.8. The number of aliphatic hydroxyl groups excluding tert-OH is 3. The molecule has 12 atom stereocenters. The first kappa shape index (κ1) is 60.3. The first-order valence-corrected chi connectivity index (χ1v) is 29.5. The number of nitrogens with one attached hydrogen (secondary N) is 1. The molecule has 3 amide bonds. The van der Waals surface area contributed by atoms with Crippen molar-refractivity contribution in [1.29, 1.82) is 0 Å². The fraction of sp³-hybridized carbons (Fsp3) is 0.470. The Labute approximate surface area is 486 Å². The van der Waals surface area contributed by atoms with Crippen LogP contribution in [0.25, 0.3) is 0 Å². The third kappa shape index (κ3) is 16.7. The summed E-state index contributed by atoms with van der Waals surface area (Å²) in [6.07, 6.45) is 6.50. The van der Waals surface area contributed by atoms with Gasteiger partial charge in [-0.3, -0.25) is 0 Å². The molecule has 5 aromatic carbocycles. The molecule has 13 rings (SSSR count). The van der Waals surface area contributed by atoms with Crippen molar-refractivity contribution in [2.45, 2.75) is 95.6 Å².